The van der Waals surface area contributed by atoms with Gasteiger partial charge in [-0.2, -0.15) is 13.2 Å². The lowest BCUT2D eigenvalue weighted by atomic mass is 9.88. The lowest BCUT2D eigenvalue weighted by Gasteiger charge is -2.31. The maximum Gasteiger partial charge on any atom is 0.407 e. The number of fused-ring (bicyclic) bond motifs is 1. The molecule has 1 aromatic heterocycles. The molecule has 0 bridgehead atoms. The van der Waals surface area contributed by atoms with Crippen LogP contribution in [0.2, 0.25) is 0 Å². The van der Waals surface area contributed by atoms with E-state index in [0.29, 0.717) is 16.5 Å². The molecule has 0 aliphatic rings. The summed E-state index contributed by atoms with van der Waals surface area (Å²) in [5.41, 5.74) is -0.353. The summed E-state index contributed by atoms with van der Waals surface area (Å²) in [6.07, 6.45) is -5.93. The van der Waals surface area contributed by atoms with Gasteiger partial charge in [0.2, 0.25) is 0 Å². The minimum atomic E-state index is -4.46. The number of amides is 1. The second-order valence-electron chi connectivity index (χ2n) is 10.3. The molecule has 0 saturated heterocycles. The third kappa shape index (κ3) is 8.97. The monoisotopic (exact) mass is 600 g/mol. The number of rotatable bonds is 12. The molecule has 0 aliphatic heterocycles. The van der Waals surface area contributed by atoms with Crippen LogP contribution in [-0.2, 0) is 18.0 Å². The smallest absolute Gasteiger partial charge is 0.407 e. The van der Waals surface area contributed by atoms with Crippen molar-refractivity contribution in [2.75, 3.05) is 0 Å². The molecule has 43 heavy (non-hydrogen) atoms. The van der Waals surface area contributed by atoms with E-state index in [1.807, 2.05) is 0 Å². The highest BCUT2D eigenvalue weighted by Gasteiger charge is 2.35. The molecular weight excluding hydrogens is 571 g/mol. The number of ketones is 1. The van der Waals surface area contributed by atoms with Crippen molar-refractivity contribution in [2.24, 2.45) is 0 Å². The second kappa shape index (κ2) is 13.6. The van der Waals surface area contributed by atoms with Gasteiger partial charge >= 0.3 is 12.3 Å². The summed E-state index contributed by atoms with van der Waals surface area (Å²) >= 11 is 0. The van der Waals surface area contributed by atoms with Gasteiger partial charge in [0.25, 0.3) is 0 Å². The van der Waals surface area contributed by atoms with Crippen LogP contribution >= 0.6 is 0 Å². The summed E-state index contributed by atoms with van der Waals surface area (Å²) in [5, 5.41) is 3.03. The number of ether oxygens (including phenoxy) is 2. The lowest BCUT2D eigenvalue weighted by Crippen LogP contribution is -2.47. The van der Waals surface area contributed by atoms with Gasteiger partial charge in [0, 0.05) is 35.5 Å². The number of carbonyl (C=O) groups is 2. The minimum absolute atomic E-state index is 0.0648. The Labute approximate surface area is 244 Å². The van der Waals surface area contributed by atoms with E-state index in [1.54, 1.807) is 54.6 Å². The number of nitrogens with zero attached hydrogens (tertiary/aromatic N) is 1. The number of halogens is 5. The second-order valence-corrected chi connectivity index (χ2v) is 10.3. The SMILES string of the molecule is CC(CCC(=O)c1cnc2c(OCc3c(F)cccc3F)cccc2c1)(CCC(F)(F)F)NC(=O)OCc1ccccc1. The maximum atomic E-state index is 14.0. The standard InChI is InChI=1S/C32H29F5N2O4/c1-31(15-16-32(35,36)37,39-30(41)43-19-21-7-3-2-4-8-21)14-13-27(40)23-17-22-9-5-12-28(29(22)38-18-23)42-20-24-25(33)10-6-11-26(24)34/h2-12,17-18H,13-16,19-20H2,1H3,(H,39,41). The van der Waals surface area contributed by atoms with Gasteiger partial charge in [-0.1, -0.05) is 48.5 Å². The fraction of sp³-hybridized carbons (Fsp3) is 0.281. The van der Waals surface area contributed by atoms with Gasteiger partial charge in [0.1, 0.15) is 36.1 Å². The number of hydrogen-bond acceptors (Lipinski definition) is 5. The number of benzene rings is 3. The first-order valence-corrected chi connectivity index (χ1v) is 13.5. The van der Waals surface area contributed by atoms with Gasteiger partial charge in [0.15, 0.2) is 5.78 Å². The summed E-state index contributed by atoms with van der Waals surface area (Å²) in [6.45, 7) is 0.998. The Hall–Kier alpha value is -4.54. The van der Waals surface area contributed by atoms with E-state index in [-0.39, 0.29) is 42.9 Å². The molecule has 0 radical (unpaired) electrons. The van der Waals surface area contributed by atoms with Crippen molar-refractivity contribution in [1.29, 1.82) is 0 Å². The van der Waals surface area contributed by atoms with E-state index in [1.165, 1.54) is 19.2 Å². The Kier molecular flexibility index (Phi) is 9.95. The van der Waals surface area contributed by atoms with Crippen molar-refractivity contribution in [3.05, 3.63) is 107 Å². The van der Waals surface area contributed by atoms with Crippen molar-refractivity contribution in [2.45, 2.75) is 57.5 Å². The Morgan fingerprint density at radius 3 is 2.26 bits per heavy atom. The molecule has 6 nitrogen and oxygen atoms in total. The van der Waals surface area contributed by atoms with Crippen molar-refractivity contribution in [3.8, 4) is 5.75 Å². The first kappa shape index (κ1) is 31.4. The predicted octanol–water partition coefficient (Wildman–Crippen LogP) is 8.08. The van der Waals surface area contributed by atoms with E-state index in [9.17, 15) is 31.5 Å². The number of hydrogen-bond donors (Lipinski definition) is 1. The molecule has 1 atom stereocenters. The van der Waals surface area contributed by atoms with Crippen LogP contribution in [0.15, 0.2) is 79.0 Å². The average molecular weight is 601 g/mol. The average Bonchev–Trinajstić information content (AvgIpc) is 2.97. The van der Waals surface area contributed by atoms with Gasteiger partial charge in [-0.05, 0) is 49.6 Å². The highest BCUT2D eigenvalue weighted by molar-refractivity contribution is 5.99. The van der Waals surface area contributed by atoms with Crippen molar-refractivity contribution in [3.63, 3.8) is 0 Å². The van der Waals surface area contributed by atoms with E-state index < -0.39 is 48.1 Å². The Morgan fingerprint density at radius 2 is 1.56 bits per heavy atom. The molecule has 0 saturated carbocycles. The third-order valence-corrected chi connectivity index (χ3v) is 6.91. The highest BCUT2D eigenvalue weighted by atomic mass is 19.4. The minimum Gasteiger partial charge on any atom is -0.486 e. The van der Waals surface area contributed by atoms with E-state index >= 15 is 0 Å². The van der Waals surface area contributed by atoms with Crippen molar-refractivity contribution in [1.82, 2.24) is 10.3 Å². The van der Waals surface area contributed by atoms with Gasteiger partial charge in [0.05, 0.1) is 5.56 Å². The molecule has 1 amide bonds. The summed E-state index contributed by atoms with van der Waals surface area (Å²) in [5.74, 6) is -1.64. The molecule has 0 aliphatic carbocycles. The summed E-state index contributed by atoms with van der Waals surface area (Å²) < 4.78 is 78.0. The highest BCUT2D eigenvalue weighted by Crippen LogP contribution is 2.30. The molecule has 11 heteroatoms. The van der Waals surface area contributed by atoms with E-state index in [2.05, 4.69) is 10.3 Å². The van der Waals surface area contributed by atoms with Gasteiger partial charge in [-0.25, -0.2) is 13.6 Å². The maximum absolute atomic E-state index is 14.0. The zero-order chi connectivity index (χ0) is 31.0. The van der Waals surface area contributed by atoms with Crippen molar-refractivity contribution >= 4 is 22.8 Å². The first-order chi connectivity index (χ1) is 20.4. The Bertz CT molecular complexity index is 1560. The number of alkyl carbamates (subject to hydrolysis) is 1. The predicted molar refractivity (Wildman–Crippen MR) is 149 cm³/mol. The number of aromatic nitrogens is 1. The molecule has 1 heterocycles. The summed E-state index contributed by atoms with van der Waals surface area (Å²) in [4.78, 5) is 29.9. The molecule has 1 N–H and O–H groups in total. The first-order valence-electron chi connectivity index (χ1n) is 13.5. The number of nitrogens with one attached hydrogen (secondary N) is 1. The van der Waals surface area contributed by atoms with Crippen LogP contribution in [-0.4, -0.2) is 28.6 Å². The Morgan fingerprint density at radius 1 is 0.860 bits per heavy atom. The van der Waals surface area contributed by atoms with Crippen LogP contribution in [0.1, 0.15) is 54.1 Å². The molecule has 0 spiro atoms. The molecule has 226 valence electrons. The van der Waals surface area contributed by atoms with Gasteiger partial charge in [-0.3, -0.25) is 9.78 Å². The van der Waals surface area contributed by atoms with Crippen LogP contribution < -0.4 is 10.1 Å². The van der Waals surface area contributed by atoms with E-state index in [0.717, 1.165) is 12.1 Å². The lowest BCUT2D eigenvalue weighted by molar-refractivity contribution is -0.138. The van der Waals surface area contributed by atoms with Crippen LogP contribution in [0.25, 0.3) is 10.9 Å². The molecule has 4 rings (SSSR count). The topological polar surface area (TPSA) is 77.5 Å². The van der Waals surface area contributed by atoms with Gasteiger partial charge in [-0.15, -0.1) is 0 Å². The molecule has 1 unspecified atom stereocenters. The van der Waals surface area contributed by atoms with Crippen LogP contribution in [0.5, 0.6) is 5.75 Å². The molecular formula is C32H29F5N2O4. The summed E-state index contributed by atoms with van der Waals surface area (Å²) in [7, 11) is 0. The van der Waals surface area contributed by atoms with Crippen LogP contribution in [0.4, 0.5) is 26.7 Å². The Balaban J connectivity index is 1.43. The fourth-order valence-electron chi connectivity index (χ4n) is 4.43. The zero-order valence-corrected chi connectivity index (χ0v) is 23.2. The summed E-state index contributed by atoms with van der Waals surface area (Å²) in [6, 6.07) is 18.7. The number of pyridine rings is 1. The molecule has 4 aromatic rings. The molecule has 3 aromatic carbocycles. The van der Waals surface area contributed by atoms with Crippen LogP contribution in [0.3, 0.4) is 0 Å². The fourth-order valence-corrected chi connectivity index (χ4v) is 4.43. The normalized spacial score (nSPS) is 12.9. The quantitative estimate of drug-likeness (QED) is 0.131. The van der Waals surface area contributed by atoms with Gasteiger partial charge < -0.3 is 14.8 Å². The number of carbonyl (C=O) groups excluding carboxylic acids is 2. The number of Topliss-reactive ketones (excluding diaryl/α,β-unsaturated/α-hetero) is 1. The largest absolute Gasteiger partial charge is 0.486 e. The third-order valence-electron chi connectivity index (χ3n) is 6.91. The van der Waals surface area contributed by atoms with Crippen molar-refractivity contribution < 1.29 is 41.0 Å². The number of para-hydroxylation sites is 1. The van der Waals surface area contributed by atoms with Crippen LogP contribution in [0, 0.1) is 11.6 Å². The molecule has 0 fully saturated rings. The van der Waals surface area contributed by atoms with E-state index in [4.69, 9.17) is 9.47 Å². The zero-order valence-electron chi connectivity index (χ0n) is 23.2. The number of alkyl halides is 3.